The third-order valence-electron chi connectivity index (χ3n) is 4.89. The second-order valence-corrected chi connectivity index (χ2v) is 11.3. The summed E-state index contributed by atoms with van der Waals surface area (Å²) in [7, 11) is -5.93. The lowest BCUT2D eigenvalue weighted by Crippen LogP contribution is -2.40. The molecular formula is C20H24N2O6S2. The van der Waals surface area contributed by atoms with Crippen LogP contribution in [-0.4, -0.2) is 51.7 Å². The van der Waals surface area contributed by atoms with Crippen LogP contribution in [0.3, 0.4) is 0 Å². The molecule has 30 heavy (non-hydrogen) atoms. The summed E-state index contributed by atoms with van der Waals surface area (Å²) in [4.78, 5) is 11.5. The van der Waals surface area contributed by atoms with E-state index in [0.29, 0.717) is 5.75 Å². The molecule has 1 amide bonds. The van der Waals surface area contributed by atoms with E-state index in [1.165, 1.54) is 36.5 Å². The number of hydrogen-bond acceptors (Lipinski definition) is 6. The molecule has 0 aliphatic carbocycles. The van der Waals surface area contributed by atoms with Crippen molar-refractivity contribution in [3.05, 3.63) is 54.1 Å². The predicted octanol–water partition coefficient (Wildman–Crippen LogP) is 2.03. The molecule has 1 N–H and O–H groups in total. The van der Waals surface area contributed by atoms with E-state index in [-0.39, 0.29) is 41.0 Å². The monoisotopic (exact) mass is 452 g/mol. The van der Waals surface area contributed by atoms with Gasteiger partial charge in [-0.05, 0) is 30.2 Å². The molecule has 1 saturated heterocycles. The van der Waals surface area contributed by atoms with Gasteiger partial charge in [-0.2, -0.15) is 4.31 Å². The Morgan fingerprint density at radius 3 is 2.47 bits per heavy atom. The van der Waals surface area contributed by atoms with Gasteiger partial charge >= 0.3 is 0 Å². The molecule has 2 aromatic carbocycles. The standard InChI is InChI=1S/C20H24N2O6S2/c1-15(23)21-19-12-18(8-9-20(19)28-2)30(26,27)22(13-16-6-4-3-5-7-16)17-10-11-29(24,25)14-17/h3-9,12,17H,10-11,13-14H2,1-2H3,(H,21,23)/t17-/m0/s1. The van der Waals surface area contributed by atoms with Crippen LogP contribution in [0, 0.1) is 0 Å². The molecule has 1 aliphatic rings. The van der Waals surface area contributed by atoms with Crippen LogP contribution in [0.25, 0.3) is 0 Å². The molecule has 0 bridgehead atoms. The second kappa shape index (κ2) is 8.75. The molecule has 2 aromatic rings. The highest BCUT2D eigenvalue weighted by atomic mass is 32.2. The van der Waals surface area contributed by atoms with Crippen molar-refractivity contribution >= 4 is 31.5 Å². The lowest BCUT2D eigenvalue weighted by atomic mass is 10.2. The van der Waals surface area contributed by atoms with E-state index < -0.39 is 25.9 Å². The molecule has 10 heteroatoms. The first-order valence-electron chi connectivity index (χ1n) is 9.34. The van der Waals surface area contributed by atoms with E-state index in [0.717, 1.165) is 5.56 Å². The minimum Gasteiger partial charge on any atom is -0.495 e. The maximum absolute atomic E-state index is 13.5. The lowest BCUT2D eigenvalue weighted by molar-refractivity contribution is -0.114. The maximum Gasteiger partial charge on any atom is 0.243 e. The van der Waals surface area contributed by atoms with E-state index >= 15 is 0 Å². The van der Waals surface area contributed by atoms with Gasteiger partial charge in [0.1, 0.15) is 5.75 Å². The van der Waals surface area contributed by atoms with Crippen LogP contribution in [0.2, 0.25) is 0 Å². The van der Waals surface area contributed by atoms with Crippen molar-refractivity contribution in [3.63, 3.8) is 0 Å². The van der Waals surface area contributed by atoms with Gasteiger partial charge < -0.3 is 10.1 Å². The van der Waals surface area contributed by atoms with Crippen molar-refractivity contribution in [3.8, 4) is 5.75 Å². The van der Waals surface area contributed by atoms with E-state index in [1.807, 2.05) is 6.07 Å². The summed E-state index contributed by atoms with van der Waals surface area (Å²) >= 11 is 0. The zero-order valence-electron chi connectivity index (χ0n) is 16.7. The van der Waals surface area contributed by atoms with Crippen molar-refractivity contribution in [2.75, 3.05) is 23.9 Å². The van der Waals surface area contributed by atoms with Crippen molar-refractivity contribution in [2.24, 2.45) is 0 Å². The van der Waals surface area contributed by atoms with Gasteiger partial charge in [-0.3, -0.25) is 4.79 Å². The summed E-state index contributed by atoms with van der Waals surface area (Å²) in [6.45, 7) is 1.36. The minimum atomic E-state index is -4.05. The largest absolute Gasteiger partial charge is 0.495 e. The van der Waals surface area contributed by atoms with Crippen LogP contribution < -0.4 is 10.1 Å². The molecule has 1 heterocycles. The Kier molecular flexibility index (Phi) is 6.49. The Bertz CT molecular complexity index is 1130. The number of ether oxygens (including phenoxy) is 1. The SMILES string of the molecule is COc1ccc(S(=O)(=O)N(Cc2ccccc2)[C@H]2CCS(=O)(=O)C2)cc1NC(C)=O. The average molecular weight is 453 g/mol. The number of rotatable bonds is 7. The average Bonchev–Trinajstić information content (AvgIpc) is 3.05. The van der Waals surface area contributed by atoms with Crippen LogP contribution in [0.1, 0.15) is 18.9 Å². The predicted molar refractivity (Wildman–Crippen MR) is 114 cm³/mol. The Morgan fingerprint density at radius 1 is 1.20 bits per heavy atom. The number of carbonyl (C=O) groups is 1. The number of hydrogen-bond donors (Lipinski definition) is 1. The summed E-state index contributed by atoms with van der Waals surface area (Å²) in [5.74, 6) is -0.306. The highest BCUT2D eigenvalue weighted by Crippen LogP contribution is 2.32. The smallest absolute Gasteiger partial charge is 0.243 e. The molecule has 8 nitrogen and oxygen atoms in total. The molecule has 0 spiro atoms. The van der Waals surface area contributed by atoms with Gasteiger partial charge in [0.2, 0.25) is 15.9 Å². The van der Waals surface area contributed by atoms with Crippen LogP contribution in [0.4, 0.5) is 5.69 Å². The molecule has 1 aliphatic heterocycles. The number of anilines is 1. The number of carbonyl (C=O) groups excluding carboxylic acids is 1. The quantitative estimate of drug-likeness (QED) is 0.688. The first kappa shape index (κ1) is 22.3. The third kappa shape index (κ3) is 5.00. The van der Waals surface area contributed by atoms with Gasteiger partial charge in [-0.1, -0.05) is 30.3 Å². The first-order chi connectivity index (χ1) is 14.1. The van der Waals surface area contributed by atoms with Crippen molar-refractivity contribution in [1.82, 2.24) is 4.31 Å². The molecule has 162 valence electrons. The Hall–Kier alpha value is -2.43. The second-order valence-electron chi connectivity index (χ2n) is 7.14. The Labute approximate surface area is 176 Å². The number of nitrogens with one attached hydrogen (secondary N) is 1. The van der Waals surface area contributed by atoms with E-state index in [4.69, 9.17) is 4.74 Å². The highest BCUT2D eigenvalue weighted by Gasteiger charge is 2.39. The first-order valence-corrected chi connectivity index (χ1v) is 12.6. The van der Waals surface area contributed by atoms with E-state index in [2.05, 4.69) is 5.32 Å². The van der Waals surface area contributed by atoms with Crippen molar-refractivity contribution < 1.29 is 26.4 Å². The van der Waals surface area contributed by atoms with Gasteiger partial charge in [0.15, 0.2) is 9.84 Å². The van der Waals surface area contributed by atoms with Crippen LogP contribution >= 0.6 is 0 Å². The summed E-state index contributed by atoms with van der Waals surface area (Å²) < 4.78 is 57.6. The minimum absolute atomic E-state index is 0.0434. The van der Waals surface area contributed by atoms with Gasteiger partial charge in [0.05, 0.1) is 29.2 Å². The Morgan fingerprint density at radius 2 is 1.90 bits per heavy atom. The van der Waals surface area contributed by atoms with E-state index in [1.54, 1.807) is 24.3 Å². The lowest BCUT2D eigenvalue weighted by Gasteiger charge is -2.28. The number of benzene rings is 2. The number of methoxy groups -OCH3 is 1. The number of amides is 1. The normalized spacial score (nSPS) is 18.3. The number of sulfonamides is 1. The molecule has 1 atom stereocenters. The fourth-order valence-corrected chi connectivity index (χ4v) is 6.94. The molecule has 0 saturated carbocycles. The maximum atomic E-state index is 13.5. The van der Waals surface area contributed by atoms with E-state index in [9.17, 15) is 21.6 Å². The summed E-state index contributed by atoms with van der Waals surface area (Å²) in [6, 6.07) is 12.5. The third-order valence-corrected chi connectivity index (χ3v) is 8.53. The van der Waals surface area contributed by atoms with Gasteiger partial charge in [-0.15, -0.1) is 0 Å². The number of sulfone groups is 1. The fraction of sp³-hybridized carbons (Fsp3) is 0.350. The molecular weight excluding hydrogens is 428 g/mol. The van der Waals surface area contributed by atoms with Gasteiger partial charge in [0, 0.05) is 19.5 Å². The summed E-state index contributed by atoms with van der Waals surface area (Å²) in [5.41, 5.74) is 0.978. The molecule has 1 fully saturated rings. The van der Waals surface area contributed by atoms with Gasteiger partial charge in [-0.25, -0.2) is 16.8 Å². The molecule has 3 rings (SSSR count). The fourth-order valence-electron chi connectivity index (χ4n) is 3.45. The topological polar surface area (TPSA) is 110 Å². The summed E-state index contributed by atoms with van der Waals surface area (Å²) in [6.07, 6.45) is 0.239. The van der Waals surface area contributed by atoms with Crippen molar-refractivity contribution in [2.45, 2.75) is 30.8 Å². The van der Waals surface area contributed by atoms with Crippen molar-refractivity contribution in [1.29, 1.82) is 0 Å². The van der Waals surface area contributed by atoms with Crippen LogP contribution in [-0.2, 0) is 31.2 Å². The molecule has 0 unspecified atom stereocenters. The zero-order chi connectivity index (χ0) is 21.9. The Balaban J connectivity index is 2.04. The molecule has 0 aromatic heterocycles. The zero-order valence-corrected chi connectivity index (χ0v) is 18.4. The van der Waals surface area contributed by atoms with Gasteiger partial charge in [0.25, 0.3) is 0 Å². The van der Waals surface area contributed by atoms with Crippen LogP contribution in [0.5, 0.6) is 5.75 Å². The van der Waals surface area contributed by atoms with Crippen LogP contribution in [0.15, 0.2) is 53.4 Å². The summed E-state index contributed by atoms with van der Waals surface area (Å²) in [5, 5.41) is 2.57. The highest BCUT2D eigenvalue weighted by molar-refractivity contribution is 7.92. The molecule has 0 radical (unpaired) electrons. The number of nitrogens with zero attached hydrogens (tertiary/aromatic N) is 1.